The molecule has 2 rings (SSSR count). The molecule has 0 aliphatic carbocycles. The van der Waals surface area contributed by atoms with Gasteiger partial charge in [-0.3, -0.25) is 0 Å². The van der Waals surface area contributed by atoms with Crippen LogP contribution in [0.25, 0.3) is 0 Å². The third-order valence-electron chi connectivity index (χ3n) is 1.79. The molecule has 17 heavy (non-hydrogen) atoms. The van der Waals surface area contributed by atoms with Crippen LogP contribution in [0.1, 0.15) is 5.56 Å². The molecule has 1 radical (unpaired) electrons. The second-order valence-corrected chi connectivity index (χ2v) is 3.18. The number of aryl methyl sites for hydroxylation is 1. The average Bonchev–Trinajstić information content (AvgIpc) is 2.26. The van der Waals surface area contributed by atoms with E-state index in [1.807, 2.05) is 24.3 Å². The average molecular weight is 280 g/mol. The maximum Gasteiger partial charge on any atom is 0.162 e. The fourth-order valence-corrected chi connectivity index (χ4v) is 0.955. The van der Waals surface area contributed by atoms with Gasteiger partial charge < -0.3 is 5.11 Å². The molecule has 0 fully saturated rings. The predicted molar refractivity (Wildman–Crippen MR) is 58.0 cm³/mol. The van der Waals surface area contributed by atoms with Crippen molar-refractivity contribution in [2.24, 2.45) is 0 Å². The second-order valence-electron chi connectivity index (χ2n) is 3.18. The minimum absolute atomic E-state index is 0. The van der Waals surface area contributed by atoms with Crippen LogP contribution in [0.3, 0.4) is 0 Å². The zero-order chi connectivity index (χ0) is 12.0. The van der Waals surface area contributed by atoms with Crippen molar-refractivity contribution in [3.63, 3.8) is 0 Å². The van der Waals surface area contributed by atoms with E-state index in [4.69, 9.17) is 5.11 Å². The van der Waals surface area contributed by atoms with E-state index >= 15 is 0 Å². The molecule has 2 aromatic rings. The van der Waals surface area contributed by atoms with E-state index in [0.717, 1.165) is 18.2 Å². The van der Waals surface area contributed by atoms with Crippen LogP contribution >= 0.6 is 0 Å². The van der Waals surface area contributed by atoms with E-state index in [-0.39, 0.29) is 22.5 Å². The molecule has 1 N–H and O–H groups in total. The largest absolute Gasteiger partial charge is 0.508 e. The molecular weight excluding hydrogens is 269 g/mol. The van der Waals surface area contributed by atoms with Crippen LogP contribution in [-0.4, -0.2) is 5.11 Å². The molecule has 0 saturated carbocycles. The van der Waals surface area contributed by atoms with Crippen molar-refractivity contribution in [2.45, 2.75) is 6.92 Å². The van der Waals surface area contributed by atoms with E-state index in [2.05, 4.69) is 13.0 Å². The van der Waals surface area contributed by atoms with E-state index < -0.39 is 11.6 Å². The van der Waals surface area contributed by atoms with E-state index in [0.29, 0.717) is 0 Å². The summed E-state index contributed by atoms with van der Waals surface area (Å²) < 4.78 is 24.1. The van der Waals surface area contributed by atoms with Crippen LogP contribution in [0.5, 0.6) is 5.75 Å². The second kappa shape index (κ2) is 7.81. The van der Waals surface area contributed by atoms with Gasteiger partial charge in [0, 0.05) is 22.8 Å². The molecule has 0 atom stereocenters. The first kappa shape index (κ1) is 15.6. The summed E-state index contributed by atoms with van der Waals surface area (Å²) in [6.45, 7) is 2.06. The molecule has 0 aliphatic rings. The number of phenols is 1. The van der Waals surface area contributed by atoms with Crippen LogP contribution in [-0.2, 0) is 16.8 Å². The first-order chi connectivity index (χ1) is 7.59. The van der Waals surface area contributed by atoms with Gasteiger partial charge in [-0.25, -0.2) is 8.78 Å². The molecule has 4 heteroatoms. The van der Waals surface area contributed by atoms with Crippen molar-refractivity contribution >= 4 is 0 Å². The van der Waals surface area contributed by atoms with Crippen LogP contribution in [0.15, 0.2) is 42.5 Å². The summed E-state index contributed by atoms with van der Waals surface area (Å²) in [7, 11) is 0. The molecule has 0 saturated heterocycles. The quantitative estimate of drug-likeness (QED) is 0.733. The van der Waals surface area contributed by atoms with Gasteiger partial charge in [-0.1, -0.05) is 6.92 Å². The van der Waals surface area contributed by atoms with Gasteiger partial charge in [-0.2, -0.15) is 35.9 Å². The van der Waals surface area contributed by atoms with Gasteiger partial charge >= 0.3 is 0 Å². The van der Waals surface area contributed by atoms with Gasteiger partial charge in [-0.15, -0.1) is 0 Å². The smallest absolute Gasteiger partial charge is 0.162 e. The molecule has 1 nitrogen and oxygen atoms in total. The summed E-state index contributed by atoms with van der Waals surface area (Å²) in [6.07, 6.45) is 0. The Morgan fingerprint density at radius 1 is 1.00 bits per heavy atom. The maximum absolute atomic E-state index is 12.0. The van der Waals surface area contributed by atoms with Gasteiger partial charge in [0.1, 0.15) is 5.75 Å². The van der Waals surface area contributed by atoms with Crippen LogP contribution < -0.4 is 0 Å². The topological polar surface area (TPSA) is 20.2 Å². The number of rotatable bonds is 0. The van der Waals surface area contributed by atoms with Crippen molar-refractivity contribution in [3.05, 3.63) is 65.7 Å². The third-order valence-corrected chi connectivity index (χ3v) is 1.79. The summed E-state index contributed by atoms with van der Waals surface area (Å²) in [5.74, 6) is -2.25. The number of hydrogen-bond donors (Lipinski definition) is 1. The Hall–Kier alpha value is -1.39. The molecule has 0 aromatic heterocycles. The van der Waals surface area contributed by atoms with E-state index in [1.165, 1.54) is 5.56 Å². The van der Waals surface area contributed by atoms with Crippen molar-refractivity contribution in [1.29, 1.82) is 0 Å². The van der Waals surface area contributed by atoms with Crippen LogP contribution in [0, 0.1) is 24.6 Å². The SMILES string of the molecule is Cc1cc[c-]cc1.Oc1ccc(F)c(F)c1.[Co]. The summed E-state index contributed by atoms with van der Waals surface area (Å²) >= 11 is 0. The van der Waals surface area contributed by atoms with Crippen molar-refractivity contribution < 1.29 is 30.7 Å². The Balaban J connectivity index is 0.000000292. The summed E-state index contributed by atoms with van der Waals surface area (Å²) in [5, 5.41) is 8.53. The normalized spacial score (nSPS) is 8.65. The van der Waals surface area contributed by atoms with Gasteiger partial charge in [0.2, 0.25) is 0 Å². The molecule has 0 unspecified atom stereocenters. The van der Waals surface area contributed by atoms with Crippen molar-refractivity contribution in [1.82, 2.24) is 0 Å². The number of halogens is 2. The number of phenolic OH excluding ortho intramolecular Hbond substituents is 1. The minimum atomic E-state index is -1.03. The summed E-state index contributed by atoms with van der Waals surface area (Å²) in [6, 6.07) is 13.5. The van der Waals surface area contributed by atoms with Crippen LogP contribution in [0.2, 0.25) is 0 Å². The fraction of sp³-hybridized carbons (Fsp3) is 0.0769. The molecule has 0 amide bonds. The Labute approximate surface area is 109 Å². The fourth-order valence-electron chi connectivity index (χ4n) is 0.955. The van der Waals surface area contributed by atoms with Crippen molar-refractivity contribution in [2.75, 3.05) is 0 Å². The molecular formula is C13H11CoF2O-. The van der Waals surface area contributed by atoms with E-state index in [1.54, 1.807) is 0 Å². The number of aromatic hydroxyl groups is 1. The molecule has 0 heterocycles. The van der Waals surface area contributed by atoms with Gasteiger partial charge in [-0.05, 0) is 12.1 Å². The summed E-state index contributed by atoms with van der Waals surface area (Å²) in [4.78, 5) is 0. The standard InChI is InChI=1S/C7H7.C6H4F2O.Co/c1-7-5-3-2-4-6-7;7-5-2-1-4(9)3-6(5)8;/h3-6H,1H3;1-3,9H;/q-1;;. The third kappa shape index (κ3) is 6.04. The predicted octanol–water partition coefficient (Wildman–Crippen LogP) is 3.46. The zero-order valence-corrected chi connectivity index (χ0v) is 10.1. The van der Waals surface area contributed by atoms with Crippen molar-refractivity contribution in [3.8, 4) is 5.75 Å². The Morgan fingerprint density at radius 3 is 1.94 bits per heavy atom. The Kier molecular flexibility index (Phi) is 7.17. The number of benzene rings is 2. The first-order valence-corrected chi connectivity index (χ1v) is 4.66. The molecule has 0 spiro atoms. The zero-order valence-electron chi connectivity index (χ0n) is 9.08. The molecule has 93 valence electrons. The first-order valence-electron chi connectivity index (χ1n) is 4.66. The maximum atomic E-state index is 12.0. The van der Waals surface area contributed by atoms with E-state index in [9.17, 15) is 8.78 Å². The minimum Gasteiger partial charge on any atom is -0.508 e. The molecule has 0 bridgehead atoms. The Morgan fingerprint density at radius 2 is 1.59 bits per heavy atom. The van der Waals surface area contributed by atoms with Gasteiger partial charge in [0.25, 0.3) is 0 Å². The molecule has 0 aliphatic heterocycles. The monoisotopic (exact) mass is 280 g/mol. The molecule has 2 aromatic carbocycles. The van der Waals surface area contributed by atoms with Gasteiger partial charge in [0.05, 0.1) is 0 Å². The number of hydrogen-bond acceptors (Lipinski definition) is 1. The van der Waals surface area contributed by atoms with Gasteiger partial charge in [0.15, 0.2) is 11.6 Å². The Bertz CT molecular complexity index is 446. The van der Waals surface area contributed by atoms with Crippen LogP contribution in [0.4, 0.5) is 8.78 Å². The summed E-state index contributed by atoms with van der Waals surface area (Å²) in [5.41, 5.74) is 1.29.